The number of amides is 1. The first-order valence-corrected chi connectivity index (χ1v) is 7.70. The molecule has 1 aliphatic rings. The van der Waals surface area contributed by atoms with Crippen molar-refractivity contribution in [3.63, 3.8) is 0 Å². The molecule has 1 aliphatic heterocycles. The van der Waals surface area contributed by atoms with Crippen molar-refractivity contribution in [2.24, 2.45) is 13.0 Å². The molecule has 2 heterocycles. The lowest BCUT2D eigenvalue weighted by Gasteiger charge is -2.32. The highest BCUT2D eigenvalue weighted by atomic mass is 35.5. The number of likely N-dealkylation sites (tertiary alicyclic amines) is 1. The van der Waals surface area contributed by atoms with Crippen molar-refractivity contribution < 1.29 is 9.59 Å². The summed E-state index contributed by atoms with van der Waals surface area (Å²) in [5.41, 5.74) is 1.20. The summed E-state index contributed by atoms with van der Waals surface area (Å²) in [6, 6.07) is 1.70. The van der Waals surface area contributed by atoms with Gasteiger partial charge in [-0.2, -0.15) is 0 Å². The lowest BCUT2D eigenvalue weighted by atomic mass is 9.96. The summed E-state index contributed by atoms with van der Waals surface area (Å²) in [7, 11) is 1.82. The van der Waals surface area contributed by atoms with Crippen LogP contribution in [0.2, 0.25) is 0 Å². The Hall–Kier alpha value is -1.33. The van der Waals surface area contributed by atoms with E-state index in [0.717, 1.165) is 39.0 Å². The monoisotopic (exact) mass is 327 g/mol. The van der Waals surface area contributed by atoms with Crippen molar-refractivity contribution in [2.45, 2.75) is 26.7 Å². The van der Waals surface area contributed by atoms with Crippen LogP contribution in [0.25, 0.3) is 0 Å². The number of nitrogens with zero attached hydrogens (tertiary/aromatic N) is 2. The number of hydrogen-bond donors (Lipinski definition) is 1. The number of aromatic nitrogens is 1. The van der Waals surface area contributed by atoms with E-state index in [1.165, 1.54) is 6.92 Å². The van der Waals surface area contributed by atoms with E-state index in [2.05, 4.69) is 12.2 Å². The Bertz CT molecular complexity index is 519. The molecule has 1 amide bonds. The molecule has 0 bridgehead atoms. The third-order valence-corrected chi connectivity index (χ3v) is 4.22. The van der Waals surface area contributed by atoms with Crippen LogP contribution >= 0.6 is 12.4 Å². The van der Waals surface area contributed by atoms with Crippen molar-refractivity contribution in [1.29, 1.82) is 0 Å². The van der Waals surface area contributed by atoms with E-state index in [4.69, 9.17) is 0 Å². The lowest BCUT2D eigenvalue weighted by Crippen LogP contribution is -2.41. The fourth-order valence-corrected chi connectivity index (χ4v) is 2.82. The predicted molar refractivity (Wildman–Crippen MR) is 89.8 cm³/mol. The van der Waals surface area contributed by atoms with Gasteiger partial charge in [-0.1, -0.05) is 6.92 Å². The molecule has 22 heavy (non-hydrogen) atoms. The molecule has 6 heteroatoms. The zero-order valence-corrected chi connectivity index (χ0v) is 14.4. The van der Waals surface area contributed by atoms with E-state index < -0.39 is 0 Å². The molecule has 2 rings (SSSR count). The van der Waals surface area contributed by atoms with Crippen LogP contribution in [0.15, 0.2) is 12.3 Å². The normalized spacial score (nSPS) is 15.5. The molecule has 1 fully saturated rings. The number of ketones is 1. The Morgan fingerprint density at radius 3 is 2.45 bits per heavy atom. The molecule has 1 aromatic heterocycles. The number of carbonyl (C=O) groups excluding carboxylic acids is 2. The number of piperidine rings is 1. The first-order chi connectivity index (χ1) is 10.0. The van der Waals surface area contributed by atoms with Crippen LogP contribution in [0.5, 0.6) is 0 Å². The van der Waals surface area contributed by atoms with Crippen molar-refractivity contribution in [2.75, 3.05) is 26.2 Å². The lowest BCUT2D eigenvalue weighted by molar-refractivity contribution is 0.0680. The van der Waals surface area contributed by atoms with Crippen LogP contribution in [0.4, 0.5) is 0 Å². The van der Waals surface area contributed by atoms with Gasteiger partial charge in [0.2, 0.25) is 0 Å². The zero-order chi connectivity index (χ0) is 15.4. The minimum Gasteiger partial charge on any atom is -0.346 e. The first-order valence-electron chi connectivity index (χ1n) is 7.70. The quantitative estimate of drug-likeness (QED) is 0.843. The summed E-state index contributed by atoms with van der Waals surface area (Å²) in [4.78, 5) is 25.9. The Morgan fingerprint density at radius 2 is 1.95 bits per heavy atom. The van der Waals surface area contributed by atoms with Gasteiger partial charge < -0.3 is 14.8 Å². The average molecular weight is 328 g/mol. The average Bonchev–Trinajstić information content (AvgIpc) is 2.87. The minimum absolute atomic E-state index is 0. The van der Waals surface area contributed by atoms with Gasteiger partial charge in [0.15, 0.2) is 5.78 Å². The van der Waals surface area contributed by atoms with Crippen LogP contribution in [0.1, 0.15) is 47.5 Å². The topological polar surface area (TPSA) is 54.3 Å². The van der Waals surface area contributed by atoms with Crippen LogP contribution in [0.3, 0.4) is 0 Å². The van der Waals surface area contributed by atoms with E-state index in [1.54, 1.807) is 16.8 Å². The Kier molecular flexibility index (Phi) is 7.10. The number of nitrogens with one attached hydrogen (secondary N) is 1. The van der Waals surface area contributed by atoms with Gasteiger partial charge >= 0.3 is 0 Å². The molecule has 0 spiro atoms. The Morgan fingerprint density at radius 1 is 1.32 bits per heavy atom. The van der Waals surface area contributed by atoms with Crippen molar-refractivity contribution in [3.05, 3.63) is 23.5 Å². The number of Topliss-reactive ketones (excluding diaryl/α,β-unsaturated/α-hetero) is 1. The minimum atomic E-state index is -0.00556. The van der Waals surface area contributed by atoms with E-state index in [1.807, 2.05) is 11.9 Å². The fraction of sp³-hybridized carbons (Fsp3) is 0.625. The molecule has 0 unspecified atom stereocenters. The summed E-state index contributed by atoms with van der Waals surface area (Å²) in [6.45, 7) is 7.27. The largest absolute Gasteiger partial charge is 0.346 e. The van der Waals surface area contributed by atoms with Gasteiger partial charge in [0.05, 0.1) is 0 Å². The number of aryl methyl sites for hydroxylation is 1. The van der Waals surface area contributed by atoms with Gasteiger partial charge in [-0.25, -0.2) is 0 Å². The third kappa shape index (κ3) is 4.34. The highest BCUT2D eigenvalue weighted by Crippen LogP contribution is 2.19. The van der Waals surface area contributed by atoms with Crippen LogP contribution in [-0.2, 0) is 7.05 Å². The molecular weight excluding hydrogens is 302 g/mol. The summed E-state index contributed by atoms with van der Waals surface area (Å²) < 4.78 is 1.75. The second-order valence-electron chi connectivity index (χ2n) is 5.82. The highest BCUT2D eigenvalue weighted by molar-refractivity contribution is 5.99. The highest BCUT2D eigenvalue weighted by Gasteiger charge is 2.25. The van der Waals surface area contributed by atoms with Gasteiger partial charge in [-0.15, -0.1) is 12.4 Å². The molecule has 124 valence electrons. The first kappa shape index (κ1) is 18.7. The molecule has 0 atom stereocenters. The van der Waals surface area contributed by atoms with E-state index in [-0.39, 0.29) is 24.1 Å². The van der Waals surface area contributed by atoms with Crippen molar-refractivity contribution in [3.8, 4) is 0 Å². The number of hydrogen-bond acceptors (Lipinski definition) is 3. The molecule has 5 nitrogen and oxygen atoms in total. The molecule has 0 aromatic carbocycles. The van der Waals surface area contributed by atoms with Gasteiger partial charge in [0.1, 0.15) is 5.69 Å². The van der Waals surface area contributed by atoms with Crippen LogP contribution in [0, 0.1) is 5.92 Å². The molecule has 0 radical (unpaired) electrons. The maximum atomic E-state index is 12.6. The zero-order valence-electron chi connectivity index (χ0n) is 13.6. The smallest absolute Gasteiger partial charge is 0.270 e. The van der Waals surface area contributed by atoms with E-state index in [0.29, 0.717) is 17.2 Å². The number of rotatable bonds is 5. The number of carbonyl (C=O) groups is 2. The van der Waals surface area contributed by atoms with Gasteiger partial charge in [-0.05, 0) is 44.8 Å². The molecule has 1 aromatic rings. The molecule has 0 saturated carbocycles. The summed E-state index contributed by atoms with van der Waals surface area (Å²) in [5.74, 6) is 0.691. The second-order valence-corrected chi connectivity index (χ2v) is 5.82. The molecule has 1 saturated heterocycles. The molecular formula is C16H26ClN3O2. The SMILES string of the molecule is CCNCC1CCN(C(=O)c2cc(C(C)=O)cn2C)CC1.Cl. The summed E-state index contributed by atoms with van der Waals surface area (Å²) >= 11 is 0. The van der Waals surface area contributed by atoms with Gasteiger partial charge in [-0.3, -0.25) is 9.59 Å². The predicted octanol–water partition coefficient (Wildman–Crippen LogP) is 2.11. The fourth-order valence-electron chi connectivity index (χ4n) is 2.82. The Balaban J connectivity index is 0.00000242. The number of halogens is 1. The third-order valence-electron chi connectivity index (χ3n) is 4.22. The molecule has 1 N–H and O–H groups in total. The molecule has 0 aliphatic carbocycles. The summed E-state index contributed by atoms with van der Waals surface area (Å²) in [6.07, 6.45) is 3.82. The van der Waals surface area contributed by atoms with Gasteiger partial charge in [0, 0.05) is 31.9 Å². The second kappa shape index (κ2) is 8.34. The maximum Gasteiger partial charge on any atom is 0.270 e. The van der Waals surface area contributed by atoms with E-state index in [9.17, 15) is 9.59 Å². The standard InChI is InChI=1S/C16H25N3O2.ClH/c1-4-17-10-13-5-7-19(8-6-13)16(21)15-9-14(12(2)20)11-18(15)3;/h9,11,13,17H,4-8,10H2,1-3H3;1H. The summed E-state index contributed by atoms with van der Waals surface area (Å²) in [5, 5.41) is 3.37. The maximum absolute atomic E-state index is 12.6. The van der Waals surface area contributed by atoms with Crippen LogP contribution in [-0.4, -0.2) is 47.3 Å². The van der Waals surface area contributed by atoms with Crippen LogP contribution < -0.4 is 5.32 Å². The van der Waals surface area contributed by atoms with Crippen molar-refractivity contribution >= 4 is 24.1 Å². The Labute approximate surface area is 138 Å². The van der Waals surface area contributed by atoms with Crippen molar-refractivity contribution in [1.82, 2.24) is 14.8 Å². The van der Waals surface area contributed by atoms with Gasteiger partial charge in [0.25, 0.3) is 5.91 Å². The van der Waals surface area contributed by atoms with E-state index >= 15 is 0 Å².